The Hall–Kier alpha value is -1.79. The van der Waals surface area contributed by atoms with Crippen LogP contribution in [0.15, 0.2) is 48.5 Å². The van der Waals surface area contributed by atoms with E-state index in [1.165, 1.54) is 7.11 Å². The molecule has 1 N–H and O–H groups in total. The van der Waals surface area contributed by atoms with Crippen molar-refractivity contribution in [3.8, 4) is 11.1 Å². The summed E-state index contributed by atoms with van der Waals surface area (Å²) in [5.74, 6) is 0.0564. The van der Waals surface area contributed by atoms with Crippen molar-refractivity contribution >= 4 is 39.6 Å². The summed E-state index contributed by atoms with van der Waals surface area (Å²) in [6.45, 7) is 0. The lowest BCUT2D eigenvalue weighted by Crippen LogP contribution is -2.42. The Morgan fingerprint density at radius 1 is 1.19 bits per heavy atom. The Kier molecular flexibility index (Phi) is 8.19. The lowest BCUT2D eigenvalue weighted by atomic mass is 9.97. The van der Waals surface area contributed by atoms with Crippen molar-refractivity contribution in [1.82, 2.24) is 5.32 Å². The highest BCUT2D eigenvalue weighted by atomic mass is 79.9. The highest BCUT2D eigenvalue weighted by Gasteiger charge is 2.23. The van der Waals surface area contributed by atoms with Gasteiger partial charge in [0.2, 0.25) is 0 Å². The van der Waals surface area contributed by atoms with Crippen molar-refractivity contribution in [3.63, 3.8) is 0 Å². The molecule has 0 spiro atoms. The molecule has 0 saturated carbocycles. The Balaban J connectivity index is 2.34. The van der Waals surface area contributed by atoms with Gasteiger partial charge in [0.1, 0.15) is 6.04 Å². The molecule has 0 saturated heterocycles. The molecule has 6 heteroatoms. The van der Waals surface area contributed by atoms with Crippen molar-refractivity contribution in [2.24, 2.45) is 0 Å². The molecular weight excluding hydrogens is 414 g/mol. The summed E-state index contributed by atoms with van der Waals surface area (Å²) in [4.78, 5) is 24.9. The number of hydrogen-bond acceptors (Lipinski definition) is 4. The fourth-order valence-corrected chi connectivity index (χ4v) is 3.41. The number of hydrogen-bond donors (Lipinski definition) is 1. The molecule has 0 aliphatic rings. The van der Waals surface area contributed by atoms with Crippen molar-refractivity contribution < 1.29 is 14.3 Å². The highest BCUT2D eigenvalue weighted by molar-refractivity contribution is 9.08. The smallest absolute Gasteiger partial charge is 0.328 e. The number of benzene rings is 2. The SMILES string of the molecule is COC(=O)C(CCSC)NC(=O)c1ccc(CBr)cc1-c1ccccc1. The van der Waals surface area contributed by atoms with Crippen molar-refractivity contribution in [2.45, 2.75) is 17.8 Å². The number of carbonyl (C=O) groups excluding carboxylic acids is 2. The summed E-state index contributed by atoms with van der Waals surface area (Å²) in [5.41, 5.74) is 3.42. The van der Waals surface area contributed by atoms with E-state index in [4.69, 9.17) is 4.74 Å². The second-order valence-electron chi connectivity index (χ2n) is 5.71. The average molecular weight is 436 g/mol. The van der Waals surface area contributed by atoms with E-state index in [0.29, 0.717) is 17.3 Å². The monoisotopic (exact) mass is 435 g/mol. The molecule has 0 aliphatic heterocycles. The summed E-state index contributed by atoms with van der Waals surface area (Å²) in [5, 5.41) is 3.53. The van der Waals surface area contributed by atoms with E-state index in [-0.39, 0.29) is 5.91 Å². The van der Waals surface area contributed by atoms with Gasteiger partial charge in [-0.1, -0.05) is 52.3 Å². The van der Waals surface area contributed by atoms with Crippen LogP contribution in [0.4, 0.5) is 0 Å². The summed E-state index contributed by atoms with van der Waals surface area (Å²) in [6, 6.07) is 14.8. The number of amides is 1. The predicted molar refractivity (Wildman–Crippen MR) is 111 cm³/mol. The Bertz CT molecular complexity index is 752. The van der Waals surface area contributed by atoms with E-state index in [1.807, 2.05) is 48.7 Å². The van der Waals surface area contributed by atoms with Crippen LogP contribution in [0.25, 0.3) is 11.1 Å². The van der Waals surface area contributed by atoms with Gasteiger partial charge in [0.25, 0.3) is 5.91 Å². The van der Waals surface area contributed by atoms with Gasteiger partial charge >= 0.3 is 5.97 Å². The number of esters is 1. The third-order valence-corrected chi connectivity index (χ3v) is 5.26. The van der Waals surface area contributed by atoms with Crippen LogP contribution in [0, 0.1) is 0 Å². The summed E-state index contributed by atoms with van der Waals surface area (Å²) in [6.07, 6.45) is 2.49. The first kappa shape index (κ1) is 20.5. The maximum absolute atomic E-state index is 12.9. The molecule has 0 fully saturated rings. The van der Waals surface area contributed by atoms with E-state index in [0.717, 1.165) is 22.4 Å². The maximum atomic E-state index is 12.9. The van der Waals surface area contributed by atoms with E-state index in [9.17, 15) is 9.59 Å². The van der Waals surface area contributed by atoms with E-state index in [1.54, 1.807) is 17.8 Å². The zero-order chi connectivity index (χ0) is 18.9. The number of rotatable bonds is 8. The zero-order valence-electron chi connectivity index (χ0n) is 14.8. The van der Waals surface area contributed by atoms with Gasteiger partial charge in [-0.15, -0.1) is 0 Å². The molecule has 1 unspecified atom stereocenters. The molecule has 2 aromatic carbocycles. The molecule has 0 heterocycles. The molecule has 0 bridgehead atoms. The predicted octanol–water partition coefficient (Wildman–Crippen LogP) is 4.27. The Morgan fingerprint density at radius 2 is 1.92 bits per heavy atom. The second kappa shape index (κ2) is 10.4. The van der Waals surface area contributed by atoms with E-state index in [2.05, 4.69) is 21.2 Å². The van der Waals surface area contributed by atoms with Gasteiger partial charge < -0.3 is 10.1 Å². The first-order valence-electron chi connectivity index (χ1n) is 8.22. The third-order valence-electron chi connectivity index (χ3n) is 3.97. The van der Waals surface area contributed by atoms with Gasteiger partial charge in [0.05, 0.1) is 7.11 Å². The van der Waals surface area contributed by atoms with Gasteiger partial charge in [-0.05, 0) is 47.3 Å². The highest BCUT2D eigenvalue weighted by Crippen LogP contribution is 2.26. The molecule has 1 amide bonds. The van der Waals surface area contributed by atoms with Crippen LogP contribution in [-0.2, 0) is 14.9 Å². The Morgan fingerprint density at radius 3 is 2.54 bits per heavy atom. The minimum absolute atomic E-state index is 0.276. The van der Waals surface area contributed by atoms with Crippen molar-refractivity contribution in [1.29, 1.82) is 0 Å². The molecule has 2 rings (SSSR count). The zero-order valence-corrected chi connectivity index (χ0v) is 17.2. The average Bonchev–Trinajstić information content (AvgIpc) is 2.70. The van der Waals surface area contributed by atoms with Crippen LogP contribution in [0.3, 0.4) is 0 Å². The summed E-state index contributed by atoms with van der Waals surface area (Å²) < 4.78 is 4.83. The molecule has 2 aromatic rings. The third kappa shape index (κ3) is 5.35. The van der Waals surface area contributed by atoms with E-state index < -0.39 is 12.0 Å². The second-order valence-corrected chi connectivity index (χ2v) is 7.26. The van der Waals surface area contributed by atoms with Gasteiger partial charge in [0.15, 0.2) is 0 Å². The molecule has 0 radical (unpaired) electrons. The topological polar surface area (TPSA) is 55.4 Å². The molecule has 138 valence electrons. The molecule has 1 atom stereocenters. The van der Waals surface area contributed by atoms with Crippen LogP contribution < -0.4 is 5.32 Å². The van der Waals surface area contributed by atoms with Gasteiger partial charge in [0, 0.05) is 10.9 Å². The molecule has 0 aromatic heterocycles. The summed E-state index contributed by atoms with van der Waals surface area (Å²) >= 11 is 5.08. The van der Waals surface area contributed by atoms with Crippen molar-refractivity contribution in [3.05, 3.63) is 59.7 Å². The lowest BCUT2D eigenvalue weighted by Gasteiger charge is -2.18. The van der Waals surface area contributed by atoms with Gasteiger partial charge in [-0.3, -0.25) is 4.79 Å². The van der Waals surface area contributed by atoms with E-state index >= 15 is 0 Å². The molecular formula is C20H22BrNO3S. The molecule has 4 nitrogen and oxygen atoms in total. The molecule has 26 heavy (non-hydrogen) atoms. The standard InChI is InChI=1S/C20H22BrNO3S/c1-25-20(24)18(10-11-26-2)22-19(23)16-9-8-14(13-21)12-17(16)15-6-4-3-5-7-15/h3-9,12,18H,10-11,13H2,1-2H3,(H,22,23). The number of thioether (sulfide) groups is 1. The lowest BCUT2D eigenvalue weighted by molar-refractivity contribution is -0.142. The number of nitrogens with one attached hydrogen (secondary N) is 1. The first-order chi connectivity index (χ1) is 12.6. The van der Waals surface area contributed by atoms with Crippen LogP contribution in [0.1, 0.15) is 22.3 Å². The largest absolute Gasteiger partial charge is 0.467 e. The quantitative estimate of drug-likeness (QED) is 0.496. The minimum Gasteiger partial charge on any atom is -0.467 e. The fourth-order valence-electron chi connectivity index (χ4n) is 2.59. The minimum atomic E-state index is -0.653. The van der Waals surface area contributed by atoms with Crippen LogP contribution in [0.2, 0.25) is 0 Å². The number of halogens is 1. The van der Waals surface area contributed by atoms with Crippen LogP contribution in [0.5, 0.6) is 0 Å². The van der Waals surface area contributed by atoms with Gasteiger partial charge in [-0.2, -0.15) is 11.8 Å². The number of methoxy groups -OCH3 is 1. The fraction of sp³-hybridized carbons (Fsp3) is 0.300. The van der Waals surface area contributed by atoms with Crippen LogP contribution >= 0.6 is 27.7 Å². The van der Waals surface area contributed by atoms with Gasteiger partial charge in [-0.25, -0.2) is 4.79 Å². The number of alkyl halides is 1. The first-order valence-corrected chi connectivity index (χ1v) is 10.7. The maximum Gasteiger partial charge on any atom is 0.328 e. The number of ether oxygens (including phenoxy) is 1. The number of carbonyl (C=O) groups is 2. The molecule has 0 aliphatic carbocycles. The normalized spacial score (nSPS) is 11.7. The van der Waals surface area contributed by atoms with Crippen LogP contribution in [-0.4, -0.2) is 37.0 Å². The summed E-state index contributed by atoms with van der Waals surface area (Å²) in [7, 11) is 1.33. The Labute approximate surface area is 166 Å². The van der Waals surface area contributed by atoms with Crippen molar-refractivity contribution in [2.75, 3.05) is 19.1 Å².